The van der Waals surface area contributed by atoms with E-state index in [-0.39, 0.29) is 5.91 Å². The third-order valence-corrected chi connectivity index (χ3v) is 6.21. The lowest BCUT2D eigenvalue weighted by atomic mass is 10.1. The Kier molecular flexibility index (Phi) is 7.13. The van der Waals surface area contributed by atoms with E-state index in [0.29, 0.717) is 18.0 Å². The Labute approximate surface area is 221 Å². The number of aromatic amines is 1. The maximum Gasteiger partial charge on any atom is 0.289 e. The molecule has 5 rings (SSSR count). The Balaban J connectivity index is 1.20. The normalized spacial score (nSPS) is 11.1. The fraction of sp³-hybridized carbons (Fsp3) is 0.133. The minimum atomic E-state index is -0.385. The molecular weight excluding hydrogens is 476 g/mol. The van der Waals surface area contributed by atoms with Gasteiger partial charge < -0.3 is 4.74 Å². The Hall–Kier alpha value is -4.98. The molecular formula is C30H28N6O2. The highest BCUT2D eigenvalue weighted by Gasteiger charge is 2.13. The van der Waals surface area contributed by atoms with Gasteiger partial charge in [0, 0.05) is 11.1 Å². The van der Waals surface area contributed by atoms with Crippen molar-refractivity contribution < 1.29 is 9.53 Å². The number of hydrogen-bond acceptors (Lipinski definition) is 5. The van der Waals surface area contributed by atoms with Crippen LogP contribution in [0.3, 0.4) is 0 Å². The van der Waals surface area contributed by atoms with Crippen LogP contribution in [-0.2, 0) is 6.61 Å². The summed E-state index contributed by atoms with van der Waals surface area (Å²) in [7, 11) is 0. The van der Waals surface area contributed by atoms with Gasteiger partial charge in [-0.2, -0.15) is 15.3 Å². The molecule has 3 aromatic carbocycles. The number of para-hydroxylation sites is 1. The third kappa shape index (κ3) is 5.54. The SMILES string of the molecule is Cc1ccc(COc2ccc(-c3cc(C(=O)NN=Cc4c(C)nn(-c5ccccc5)c4C)[nH]n3)cc2)cc1. The first-order valence-electron chi connectivity index (χ1n) is 12.3. The molecule has 1 amide bonds. The van der Waals surface area contributed by atoms with Crippen LogP contribution < -0.4 is 10.2 Å². The van der Waals surface area contributed by atoms with Crippen molar-refractivity contribution in [2.45, 2.75) is 27.4 Å². The van der Waals surface area contributed by atoms with Gasteiger partial charge in [0.25, 0.3) is 5.91 Å². The van der Waals surface area contributed by atoms with Crippen molar-refractivity contribution in [1.29, 1.82) is 0 Å². The molecule has 0 saturated carbocycles. The van der Waals surface area contributed by atoms with Crippen molar-refractivity contribution in [2.24, 2.45) is 5.10 Å². The average Bonchev–Trinajstić information content (AvgIpc) is 3.54. The molecule has 0 bridgehead atoms. The van der Waals surface area contributed by atoms with Gasteiger partial charge in [-0.1, -0.05) is 48.0 Å². The van der Waals surface area contributed by atoms with Gasteiger partial charge in [-0.05, 0) is 68.8 Å². The molecule has 2 heterocycles. The van der Waals surface area contributed by atoms with Crippen molar-refractivity contribution >= 4 is 12.1 Å². The average molecular weight is 505 g/mol. The number of carbonyl (C=O) groups is 1. The van der Waals surface area contributed by atoms with E-state index in [1.165, 1.54) is 5.56 Å². The highest BCUT2D eigenvalue weighted by molar-refractivity contribution is 5.94. The lowest BCUT2D eigenvalue weighted by Crippen LogP contribution is -2.18. The number of nitrogens with zero attached hydrogens (tertiary/aromatic N) is 4. The van der Waals surface area contributed by atoms with Gasteiger partial charge in [0.2, 0.25) is 0 Å². The van der Waals surface area contributed by atoms with E-state index in [4.69, 9.17) is 4.74 Å². The topological polar surface area (TPSA) is 97.2 Å². The summed E-state index contributed by atoms with van der Waals surface area (Å²) in [5, 5.41) is 15.8. The third-order valence-electron chi connectivity index (χ3n) is 6.21. The Morgan fingerprint density at radius 1 is 1.00 bits per heavy atom. The van der Waals surface area contributed by atoms with Gasteiger partial charge in [-0.25, -0.2) is 10.1 Å². The zero-order valence-corrected chi connectivity index (χ0v) is 21.5. The summed E-state index contributed by atoms with van der Waals surface area (Å²) in [5.41, 5.74) is 10.3. The number of amides is 1. The van der Waals surface area contributed by atoms with E-state index in [0.717, 1.165) is 39.5 Å². The second kappa shape index (κ2) is 11.0. The number of H-pyrrole nitrogens is 1. The predicted molar refractivity (Wildman–Crippen MR) is 148 cm³/mol. The van der Waals surface area contributed by atoms with Crippen LogP contribution in [0.5, 0.6) is 5.75 Å². The molecule has 0 spiro atoms. The van der Waals surface area contributed by atoms with Gasteiger partial charge in [0.15, 0.2) is 0 Å². The summed E-state index contributed by atoms with van der Waals surface area (Å²) < 4.78 is 7.74. The van der Waals surface area contributed by atoms with Crippen LogP contribution in [0, 0.1) is 20.8 Å². The Morgan fingerprint density at radius 3 is 2.47 bits per heavy atom. The van der Waals surface area contributed by atoms with Crippen molar-refractivity contribution in [1.82, 2.24) is 25.4 Å². The minimum absolute atomic E-state index is 0.310. The predicted octanol–water partition coefficient (Wildman–Crippen LogP) is 5.53. The summed E-state index contributed by atoms with van der Waals surface area (Å²) in [6.45, 7) is 6.44. The maximum atomic E-state index is 12.6. The number of benzene rings is 3. The molecule has 0 aliphatic heterocycles. The van der Waals surface area contributed by atoms with Crippen molar-refractivity contribution in [2.75, 3.05) is 0 Å². The summed E-state index contributed by atoms with van der Waals surface area (Å²) in [5.74, 6) is 0.377. The lowest BCUT2D eigenvalue weighted by Gasteiger charge is -2.07. The smallest absolute Gasteiger partial charge is 0.289 e. The highest BCUT2D eigenvalue weighted by Crippen LogP contribution is 2.22. The molecule has 0 atom stereocenters. The van der Waals surface area contributed by atoms with Gasteiger partial charge >= 0.3 is 0 Å². The molecule has 0 aliphatic rings. The molecule has 2 aromatic heterocycles. The standard InChI is InChI=1S/C30H28N6O2/c1-20-9-11-23(12-10-20)19-38-26-15-13-24(14-16-26)28-17-29(33-32-28)30(37)34-31-18-27-21(2)35-36(22(27)3)25-7-5-4-6-8-25/h4-18H,19H2,1-3H3,(H,32,33)(H,34,37). The van der Waals surface area contributed by atoms with Crippen LogP contribution in [0.15, 0.2) is 90.0 Å². The van der Waals surface area contributed by atoms with Gasteiger partial charge in [-0.15, -0.1) is 0 Å². The summed E-state index contributed by atoms with van der Waals surface area (Å²) in [6.07, 6.45) is 1.61. The minimum Gasteiger partial charge on any atom is -0.489 e. The molecule has 5 aromatic rings. The zero-order valence-electron chi connectivity index (χ0n) is 21.5. The van der Waals surface area contributed by atoms with Gasteiger partial charge in [0.05, 0.1) is 29.0 Å². The van der Waals surface area contributed by atoms with Gasteiger partial charge in [0.1, 0.15) is 18.1 Å². The first-order chi connectivity index (χ1) is 18.5. The van der Waals surface area contributed by atoms with E-state index >= 15 is 0 Å². The Bertz CT molecular complexity index is 1570. The van der Waals surface area contributed by atoms with E-state index in [9.17, 15) is 4.79 Å². The molecule has 2 N–H and O–H groups in total. The fourth-order valence-corrected chi connectivity index (χ4v) is 4.04. The van der Waals surface area contributed by atoms with E-state index in [1.807, 2.05) is 73.1 Å². The van der Waals surface area contributed by atoms with E-state index in [2.05, 4.69) is 57.0 Å². The molecule has 8 heteroatoms. The van der Waals surface area contributed by atoms with Crippen LogP contribution in [0.25, 0.3) is 16.9 Å². The molecule has 0 unspecified atom stereocenters. The first kappa shape index (κ1) is 24.7. The van der Waals surface area contributed by atoms with Crippen LogP contribution in [0.2, 0.25) is 0 Å². The number of hydrazone groups is 1. The second-order valence-corrected chi connectivity index (χ2v) is 9.00. The first-order valence-corrected chi connectivity index (χ1v) is 12.3. The van der Waals surface area contributed by atoms with Crippen molar-refractivity contribution in [3.8, 4) is 22.7 Å². The van der Waals surface area contributed by atoms with E-state index in [1.54, 1.807) is 12.3 Å². The number of hydrogen-bond donors (Lipinski definition) is 2. The summed E-state index contributed by atoms with van der Waals surface area (Å²) >= 11 is 0. The number of carbonyl (C=O) groups excluding carboxylic acids is 1. The largest absolute Gasteiger partial charge is 0.489 e. The van der Waals surface area contributed by atoms with Crippen LogP contribution in [0.1, 0.15) is 38.6 Å². The number of nitrogens with one attached hydrogen (secondary N) is 2. The molecule has 0 aliphatic carbocycles. The highest BCUT2D eigenvalue weighted by atomic mass is 16.5. The van der Waals surface area contributed by atoms with Gasteiger partial charge in [-0.3, -0.25) is 9.89 Å². The van der Waals surface area contributed by atoms with E-state index < -0.39 is 0 Å². The summed E-state index contributed by atoms with van der Waals surface area (Å²) in [4.78, 5) is 12.6. The van der Waals surface area contributed by atoms with Crippen molar-refractivity contribution in [3.63, 3.8) is 0 Å². The van der Waals surface area contributed by atoms with Crippen LogP contribution in [0.4, 0.5) is 0 Å². The molecule has 8 nitrogen and oxygen atoms in total. The lowest BCUT2D eigenvalue weighted by molar-refractivity contribution is 0.0950. The number of aryl methyl sites for hydroxylation is 2. The molecule has 190 valence electrons. The zero-order chi connectivity index (χ0) is 26.5. The molecule has 0 fully saturated rings. The number of aromatic nitrogens is 4. The molecule has 38 heavy (non-hydrogen) atoms. The summed E-state index contributed by atoms with van der Waals surface area (Å²) in [6, 6.07) is 27.4. The molecule has 0 radical (unpaired) electrons. The quantitative estimate of drug-likeness (QED) is 0.214. The monoisotopic (exact) mass is 504 g/mol. The van der Waals surface area contributed by atoms with Crippen LogP contribution >= 0.6 is 0 Å². The molecule has 0 saturated heterocycles. The van der Waals surface area contributed by atoms with Crippen LogP contribution in [-0.4, -0.2) is 32.1 Å². The number of rotatable bonds is 8. The maximum absolute atomic E-state index is 12.6. The van der Waals surface area contributed by atoms with Crippen molar-refractivity contribution in [3.05, 3.63) is 119 Å². The number of ether oxygens (including phenoxy) is 1. The second-order valence-electron chi connectivity index (χ2n) is 9.00. The Morgan fingerprint density at radius 2 is 1.74 bits per heavy atom. The fourth-order valence-electron chi connectivity index (χ4n) is 4.04.